The molecule has 1 N–H and O–H groups in total. The van der Waals surface area contributed by atoms with E-state index in [-0.39, 0.29) is 18.7 Å². The molecule has 1 aromatic heterocycles. The Kier molecular flexibility index (Phi) is 5.13. The van der Waals surface area contributed by atoms with Gasteiger partial charge in [-0.3, -0.25) is 9.69 Å². The Hall–Kier alpha value is -2.05. The van der Waals surface area contributed by atoms with Crippen molar-refractivity contribution in [3.63, 3.8) is 0 Å². The van der Waals surface area contributed by atoms with Gasteiger partial charge in [-0.25, -0.2) is 0 Å². The van der Waals surface area contributed by atoms with Crippen molar-refractivity contribution in [2.75, 3.05) is 26.4 Å². The minimum absolute atomic E-state index is 0.0739. The van der Waals surface area contributed by atoms with Crippen LogP contribution in [0.25, 0.3) is 0 Å². The molecule has 2 aromatic rings. The molecular formula is C20H24N2O3S. The fraction of sp³-hybridized carbons (Fsp3) is 0.450. The van der Waals surface area contributed by atoms with Crippen molar-refractivity contribution in [1.29, 1.82) is 0 Å². The molecule has 0 saturated carbocycles. The van der Waals surface area contributed by atoms with Crippen LogP contribution in [0, 0.1) is 5.92 Å². The lowest BCUT2D eigenvalue weighted by molar-refractivity contribution is 0.0914. The summed E-state index contributed by atoms with van der Waals surface area (Å²) in [5.41, 5.74) is 0.603. The van der Waals surface area contributed by atoms with Crippen LogP contribution in [-0.2, 0) is 0 Å². The first kappa shape index (κ1) is 17.4. The van der Waals surface area contributed by atoms with Gasteiger partial charge >= 0.3 is 0 Å². The third-order valence-electron chi connectivity index (χ3n) is 5.22. The molecule has 6 heteroatoms. The fourth-order valence-electron chi connectivity index (χ4n) is 3.56. The Bertz CT molecular complexity index is 754. The summed E-state index contributed by atoms with van der Waals surface area (Å²) >= 11 is 1.76. The van der Waals surface area contributed by atoms with Crippen LogP contribution in [0.2, 0.25) is 0 Å². The Morgan fingerprint density at radius 1 is 1.27 bits per heavy atom. The van der Waals surface area contributed by atoms with Crippen molar-refractivity contribution in [2.45, 2.75) is 25.8 Å². The maximum Gasteiger partial charge on any atom is 0.251 e. The van der Waals surface area contributed by atoms with Crippen molar-refractivity contribution in [3.05, 3.63) is 46.2 Å². The Morgan fingerprint density at radius 2 is 2.08 bits per heavy atom. The summed E-state index contributed by atoms with van der Waals surface area (Å²) < 4.78 is 10.7. The van der Waals surface area contributed by atoms with E-state index >= 15 is 0 Å². The van der Waals surface area contributed by atoms with E-state index < -0.39 is 0 Å². The number of hydrogen-bond donors (Lipinski definition) is 1. The van der Waals surface area contributed by atoms with Crippen LogP contribution in [0.15, 0.2) is 35.7 Å². The number of nitrogens with zero attached hydrogens (tertiary/aromatic N) is 1. The number of rotatable bonds is 5. The molecule has 0 spiro atoms. The van der Waals surface area contributed by atoms with Gasteiger partial charge in [-0.05, 0) is 61.5 Å². The molecule has 138 valence electrons. The van der Waals surface area contributed by atoms with E-state index in [9.17, 15) is 4.79 Å². The number of amides is 1. The van der Waals surface area contributed by atoms with Crippen LogP contribution in [0.3, 0.4) is 0 Å². The maximum absolute atomic E-state index is 12.6. The van der Waals surface area contributed by atoms with Gasteiger partial charge in [-0.15, -0.1) is 11.3 Å². The van der Waals surface area contributed by atoms with Crippen molar-refractivity contribution >= 4 is 17.2 Å². The van der Waals surface area contributed by atoms with Crippen LogP contribution in [-0.4, -0.2) is 37.2 Å². The summed E-state index contributed by atoms with van der Waals surface area (Å²) in [5.74, 6) is 2.05. The van der Waals surface area contributed by atoms with Gasteiger partial charge < -0.3 is 14.8 Å². The minimum Gasteiger partial charge on any atom is -0.454 e. The smallest absolute Gasteiger partial charge is 0.251 e. The molecule has 2 aliphatic rings. The lowest BCUT2D eigenvalue weighted by Gasteiger charge is -2.36. The number of ether oxygens (including phenoxy) is 2. The number of thiophene rings is 1. The van der Waals surface area contributed by atoms with Gasteiger partial charge in [0.25, 0.3) is 5.91 Å². The number of carbonyl (C=O) groups excluding carboxylic acids is 1. The highest BCUT2D eigenvalue weighted by atomic mass is 32.1. The third-order valence-corrected chi connectivity index (χ3v) is 6.19. The quantitative estimate of drug-likeness (QED) is 0.870. The topological polar surface area (TPSA) is 50.8 Å². The zero-order valence-corrected chi connectivity index (χ0v) is 15.8. The number of nitrogens with one attached hydrogen (secondary N) is 1. The van der Waals surface area contributed by atoms with E-state index in [1.165, 1.54) is 17.7 Å². The Balaban J connectivity index is 1.43. The molecule has 1 unspecified atom stereocenters. The zero-order chi connectivity index (χ0) is 17.9. The molecule has 2 aliphatic heterocycles. The zero-order valence-electron chi connectivity index (χ0n) is 14.9. The average molecular weight is 372 g/mol. The lowest BCUT2D eigenvalue weighted by Crippen LogP contribution is -2.41. The van der Waals surface area contributed by atoms with E-state index in [1.54, 1.807) is 29.5 Å². The molecule has 1 saturated heterocycles. The summed E-state index contributed by atoms with van der Waals surface area (Å²) in [7, 11) is 0. The number of benzene rings is 1. The van der Waals surface area contributed by atoms with E-state index in [1.807, 2.05) is 0 Å². The average Bonchev–Trinajstić information content (AvgIpc) is 3.34. The summed E-state index contributed by atoms with van der Waals surface area (Å²) in [6.45, 7) is 5.32. The van der Waals surface area contributed by atoms with Crippen LogP contribution < -0.4 is 14.8 Å². The second-order valence-corrected chi connectivity index (χ2v) is 8.01. The first-order chi connectivity index (χ1) is 12.7. The van der Waals surface area contributed by atoms with Gasteiger partial charge in [0.05, 0.1) is 6.04 Å². The van der Waals surface area contributed by atoms with Gasteiger partial charge in [0.1, 0.15) is 0 Å². The predicted molar refractivity (Wildman–Crippen MR) is 102 cm³/mol. The molecule has 1 amide bonds. The second kappa shape index (κ2) is 7.68. The first-order valence-corrected chi connectivity index (χ1v) is 10.0. The fourth-order valence-corrected chi connectivity index (χ4v) is 4.42. The molecule has 4 rings (SSSR count). The minimum atomic E-state index is -0.0739. The maximum atomic E-state index is 12.6. The molecule has 3 heterocycles. The summed E-state index contributed by atoms with van der Waals surface area (Å²) in [6.07, 6.45) is 2.44. The molecule has 1 aromatic carbocycles. The molecule has 1 fully saturated rings. The first-order valence-electron chi connectivity index (χ1n) is 9.16. The van der Waals surface area contributed by atoms with Gasteiger partial charge in [0.2, 0.25) is 6.79 Å². The number of carbonyl (C=O) groups is 1. The molecular weight excluding hydrogens is 348 g/mol. The normalized spacial score (nSPS) is 18.7. The number of likely N-dealkylation sites (tertiary alicyclic amines) is 1. The highest BCUT2D eigenvalue weighted by Crippen LogP contribution is 2.33. The molecule has 0 aliphatic carbocycles. The highest BCUT2D eigenvalue weighted by molar-refractivity contribution is 7.10. The van der Waals surface area contributed by atoms with Crippen LogP contribution in [0.4, 0.5) is 0 Å². The SMILES string of the molecule is CC1CCN(C(CNC(=O)c2ccc3c(c2)OCO3)c2cccs2)CC1. The molecule has 0 bridgehead atoms. The van der Waals surface area contributed by atoms with Crippen molar-refractivity contribution in [3.8, 4) is 11.5 Å². The van der Waals surface area contributed by atoms with Crippen LogP contribution >= 0.6 is 11.3 Å². The lowest BCUT2D eigenvalue weighted by atomic mass is 9.97. The van der Waals surface area contributed by atoms with Gasteiger partial charge in [-0.2, -0.15) is 0 Å². The highest BCUT2D eigenvalue weighted by Gasteiger charge is 2.26. The van der Waals surface area contributed by atoms with E-state index in [0.29, 0.717) is 23.6 Å². The van der Waals surface area contributed by atoms with Crippen LogP contribution in [0.1, 0.15) is 41.0 Å². The third kappa shape index (κ3) is 3.71. The van der Waals surface area contributed by atoms with Gasteiger partial charge in [0, 0.05) is 17.0 Å². The largest absolute Gasteiger partial charge is 0.454 e. The second-order valence-electron chi connectivity index (χ2n) is 7.03. The molecule has 1 atom stereocenters. The van der Waals surface area contributed by atoms with Crippen molar-refractivity contribution in [1.82, 2.24) is 10.2 Å². The van der Waals surface area contributed by atoms with Gasteiger partial charge in [0.15, 0.2) is 11.5 Å². The number of fused-ring (bicyclic) bond motifs is 1. The predicted octanol–water partition coefficient (Wildman–Crippen LogP) is 3.68. The number of hydrogen-bond acceptors (Lipinski definition) is 5. The van der Waals surface area contributed by atoms with E-state index in [0.717, 1.165) is 19.0 Å². The van der Waals surface area contributed by atoms with Crippen LogP contribution in [0.5, 0.6) is 11.5 Å². The monoisotopic (exact) mass is 372 g/mol. The van der Waals surface area contributed by atoms with Crippen molar-refractivity contribution < 1.29 is 14.3 Å². The van der Waals surface area contributed by atoms with Crippen molar-refractivity contribution in [2.24, 2.45) is 5.92 Å². The van der Waals surface area contributed by atoms with E-state index in [2.05, 4.69) is 34.7 Å². The molecule has 0 radical (unpaired) electrons. The summed E-state index contributed by atoms with van der Waals surface area (Å²) in [6, 6.07) is 9.81. The molecule has 5 nitrogen and oxygen atoms in total. The Labute approximate surface area is 157 Å². The molecule has 26 heavy (non-hydrogen) atoms. The summed E-state index contributed by atoms with van der Waals surface area (Å²) in [5, 5.41) is 5.22. The van der Waals surface area contributed by atoms with E-state index in [4.69, 9.17) is 9.47 Å². The Morgan fingerprint density at radius 3 is 2.85 bits per heavy atom. The standard InChI is InChI=1S/C20H24N2O3S/c1-14-6-8-22(9-7-14)16(19-3-2-10-26-19)12-21-20(23)15-4-5-17-18(11-15)25-13-24-17/h2-5,10-11,14,16H,6-9,12-13H2,1H3,(H,21,23). The summed E-state index contributed by atoms with van der Waals surface area (Å²) in [4.78, 5) is 16.4. The number of piperidine rings is 1. The van der Waals surface area contributed by atoms with Gasteiger partial charge in [-0.1, -0.05) is 13.0 Å².